The molecule has 2 heterocycles. The first-order valence-corrected chi connectivity index (χ1v) is 5.05. The van der Waals surface area contributed by atoms with Crippen molar-refractivity contribution in [3.8, 4) is 11.6 Å². The maximum atomic E-state index is 7.22. The van der Waals surface area contributed by atoms with Crippen LogP contribution in [0.1, 0.15) is 11.4 Å². The Morgan fingerprint density at radius 1 is 1.47 bits per heavy atom. The zero-order valence-corrected chi connectivity index (χ0v) is 9.64. The van der Waals surface area contributed by atoms with Gasteiger partial charge in [0.2, 0.25) is 5.88 Å². The van der Waals surface area contributed by atoms with Gasteiger partial charge in [0.15, 0.2) is 0 Å². The molecular formula is C11H13N5O. The highest BCUT2D eigenvalue weighted by atomic mass is 16.5. The lowest BCUT2D eigenvalue weighted by Gasteiger charge is -2.05. The zero-order valence-electron chi connectivity index (χ0n) is 9.64. The summed E-state index contributed by atoms with van der Waals surface area (Å²) >= 11 is 0. The van der Waals surface area contributed by atoms with E-state index in [0.717, 1.165) is 5.69 Å². The maximum Gasteiger partial charge on any atom is 0.217 e. The molecule has 0 atom stereocenters. The van der Waals surface area contributed by atoms with Crippen molar-refractivity contribution < 1.29 is 4.74 Å². The normalized spacial score (nSPS) is 10.2. The SMILES string of the molecule is Cc1cc(Oc2ccc(C(=N)N)nc2)n(C)n1. The molecule has 17 heavy (non-hydrogen) atoms. The van der Waals surface area contributed by atoms with Crippen LogP contribution >= 0.6 is 0 Å². The topological polar surface area (TPSA) is 89.8 Å². The number of rotatable bonds is 3. The van der Waals surface area contributed by atoms with Crippen LogP contribution in [0.25, 0.3) is 0 Å². The summed E-state index contributed by atoms with van der Waals surface area (Å²) in [7, 11) is 1.81. The fourth-order valence-corrected chi connectivity index (χ4v) is 1.40. The molecule has 0 aliphatic heterocycles. The van der Waals surface area contributed by atoms with Crippen LogP contribution in [-0.2, 0) is 7.05 Å². The predicted molar refractivity (Wildman–Crippen MR) is 63.3 cm³/mol. The Kier molecular flexibility index (Phi) is 2.78. The number of amidine groups is 1. The minimum atomic E-state index is -0.0621. The Balaban J connectivity index is 2.19. The number of pyridine rings is 1. The Morgan fingerprint density at radius 2 is 2.24 bits per heavy atom. The molecular weight excluding hydrogens is 218 g/mol. The maximum absolute atomic E-state index is 7.22. The van der Waals surface area contributed by atoms with E-state index < -0.39 is 0 Å². The third kappa shape index (κ3) is 2.41. The molecule has 0 unspecified atom stereocenters. The van der Waals surface area contributed by atoms with Crippen molar-refractivity contribution in [2.45, 2.75) is 6.92 Å². The van der Waals surface area contributed by atoms with Crippen LogP contribution in [-0.4, -0.2) is 20.6 Å². The summed E-state index contributed by atoms with van der Waals surface area (Å²) in [5.74, 6) is 1.16. The lowest BCUT2D eigenvalue weighted by molar-refractivity contribution is 0.429. The highest BCUT2D eigenvalue weighted by Crippen LogP contribution is 2.20. The van der Waals surface area contributed by atoms with E-state index >= 15 is 0 Å². The Hall–Kier alpha value is -2.37. The molecule has 0 aromatic carbocycles. The van der Waals surface area contributed by atoms with Crippen LogP contribution in [0.15, 0.2) is 24.4 Å². The van der Waals surface area contributed by atoms with Crippen molar-refractivity contribution in [1.29, 1.82) is 5.41 Å². The number of aryl methyl sites for hydroxylation is 2. The van der Waals surface area contributed by atoms with Gasteiger partial charge in [-0.25, -0.2) is 9.67 Å². The van der Waals surface area contributed by atoms with Crippen LogP contribution in [0.2, 0.25) is 0 Å². The number of ether oxygens (including phenoxy) is 1. The molecule has 0 fully saturated rings. The molecule has 0 aliphatic carbocycles. The van der Waals surface area contributed by atoms with Gasteiger partial charge in [-0.15, -0.1) is 0 Å². The molecule has 6 heteroatoms. The van der Waals surface area contributed by atoms with Crippen molar-refractivity contribution in [3.05, 3.63) is 35.8 Å². The molecule has 0 radical (unpaired) electrons. The van der Waals surface area contributed by atoms with Crippen LogP contribution in [0.5, 0.6) is 11.6 Å². The second-order valence-electron chi connectivity index (χ2n) is 3.64. The zero-order chi connectivity index (χ0) is 12.4. The van der Waals surface area contributed by atoms with Gasteiger partial charge in [-0.05, 0) is 19.1 Å². The predicted octanol–water partition coefficient (Wildman–Crippen LogP) is 1.20. The summed E-state index contributed by atoms with van der Waals surface area (Å²) in [5, 5.41) is 11.4. The molecule has 0 aliphatic rings. The largest absolute Gasteiger partial charge is 0.438 e. The molecule has 2 rings (SSSR count). The van der Waals surface area contributed by atoms with Gasteiger partial charge in [0.25, 0.3) is 0 Å². The second kappa shape index (κ2) is 4.25. The van der Waals surface area contributed by atoms with Gasteiger partial charge in [0.05, 0.1) is 11.9 Å². The van der Waals surface area contributed by atoms with Gasteiger partial charge in [-0.2, -0.15) is 5.10 Å². The smallest absolute Gasteiger partial charge is 0.217 e. The molecule has 0 saturated heterocycles. The number of hydrogen-bond acceptors (Lipinski definition) is 4. The first-order chi connectivity index (χ1) is 8.06. The van der Waals surface area contributed by atoms with Gasteiger partial charge >= 0.3 is 0 Å². The van der Waals surface area contributed by atoms with Crippen LogP contribution in [0.3, 0.4) is 0 Å². The van der Waals surface area contributed by atoms with Gasteiger partial charge in [-0.3, -0.25) is 5.41 Å². The van der Waals surface area contributed by atoms with Gasteiger partial charge in [0, 0.05) is 13.1 Å². The first-order valence-electron chi connectivity index (χ1n) is 5.05. The Bertz CT molecular complexity index is 543. The quantitative estimate of drug-likeness (QED) is 0.613. The van der Waals surface area contributed by atoms with Gasteiger partial charge < -0.3 is 10.5 Å². The monoisotopic (exact) mass is 231 g/mol. The average Bonchev–Trinajstić information content (AvgIpc) is 2.58. The number of nitrogens with one attached hydrogen (secondary N) is 1. The molecule has 6 nitrogen and oxygen atoms in total. The standard InChI is InChI=1S/C11H13N5O/c1-7-5-10(16(2)15-7)17-8-3-4-9(11(12)13)14-6-8/h3-6H,1-2H3,(H3,12,13). The number of nitrogen functional groups attached to an aromatic ring is 1. The lowest BCUT2D eigenvalue weighted by Crippen LogP contribution is -2.12. The number of nitrogens with two attached hydrogens (primary N) is 1. The van der Waals surface area contributed by atoms with E-state index in [-0.39, 0.29) is 5.84 Å². The second-order valence-corrected chi connectivity index (χ2v) is 3.64. The third-order valence-corrected chi connectivity index (χ3v) is 2.19. The average molecular weight is 231 g/mol. The molecule has 3 N–H and O–H groups in total. The van der Waals surface area contributed by atoms with E-state index in [9.17, 15) is 0 Å². The molecule has 88 valence electrons. The van der Waals surface area contributed by atoms with Crippen molar-refractivity contribution in [1.82, 2.24) is 14.8 Å². The molecule has 2 aromatic heterocycles. The fraction of sp³-hybridized carbons (Fsp3) is 0.182. The summed E-state index contributed by atoms with van der Waals surface area (Å²) in [6.07, 6.45) is 1.53. The van der Waals surface area contributed by atoms with E-state index in [1.807, 2.05) is 13.0 Å². The van der Waals surface area contributed by atoms with Crippen molar-refractivity contribution in [2.75, 3.05) is 0 Å². The summed E-state index contributed by atoms with van der Waals surface area (Å²) < 4.78 is 7.24. The van der Waals surface area contributed by atoms with E-state index in [1.54, 1.807) is 23.9 Å². The minimum Gasteiger partial charge on any atom is -0.438 e. The molecule has 0 saturated carbocycles. The number of hydrogen-bond donors (Lipinski definition) is 2. The molecule has 2 aromatic rings. The van der Waals surface area contributed by atoms with E-state index in [4.69, 9.17) is 15.9 Å². The number of aromatic nitrogens is 3. The third-order valence-electron chi connectivity index (χ3n) is 2.19. The van der Waals surface area contributed by atoms with Crippen molar-refractivity contribution in [3.63, 3.8) is 0 Å². The van der Waals surface area contributed by atoms with Crippen LogP contribution in [0.4, 0.5) is 0 Å². The van der Waals surface area contributed by atoms with Gasteiger partial charge in [-0.1, -0.05) is 0 Å². The summed E-state index contributed by atoms with van der Waals surface area (Å²) in [4.78, 5) is 4.01. The number of nitrogens with zero attached hydrogens (tertiary/aromatic N) is 3. The van der Waals surface area contributed by atoms with Gasteiger partial charge in [0.1, 0.15) is 17.3 Å². The van der Waals surface area contributed by atoms with E-state index in [1.165, 1.54) is 6.20 Å². The van der Waals surface area contributed by atoms with E-state index in [0.29, 0.717) is 17.3 Å². The first kappa shape index (κ1) is 11.1. The summed E-state index contributed by atoms with van der Waals surface area (Å²) in [5.41, 5.74) is 6.62. The highest BCUT2D eigenvalue weighted by molar-refractivity contribution is 5.92. The highest BCUT2D eigenvalue weighted by Gasteiger charge is 2.05. The minimum absolute atomic E-state index is 0.0621. The Morgan fingerprint density at radius 3 is 2.71 bits per heavy atom. The van der Waals surface area contributed by atoms with Crippen LogP contribution in [0, 0.1) is 12.3 Å². The fourth-order valence-electron chi connectivity index (χ4n) is 1.40. The van der Waals surface area contributed by atoms with Crippen molar-refractivity contribution >= 4 is 5.84 Å². The summed E-state index contributed by atoms with van der Waals surface area (Å²) in [6.45, 7) is 1.89. The lowest BCUT2D eigenvalue weighted by atomic mass is 10.3. The van der Waals surface area contributed by atoms with Crippen LogP contribution < -0.4 is 10.5 Å². The van der Waals surface area contributed by atoms with E-state index in [2.05, 4.69) is 10.1 Å². The summed E-state index contributed by atoms with van der Waals surface area (Å²) in [6, 6.07) is 5.19. The molecule has 0 bridgehead atoms. The molecule has 0 amide bonds. The van der Waals surface area contributed by atoms with Crippen molar-refractivity contribution in [2.24, 2.45) is 12.8 Å². The molecule has 0 spiro atoms. The Labute approximate surface area is 98.5 Å².